The highest BCUT2D eigenvalue weighted by atomic mass is 14.7. The highest BCUT2D eigenvalue weighted by Gasteiger charge is 2.64. The molecule has 0 heterocycles. The van der Waals surface area contributed by atoms with Gasteiger partial charge in [-0.05, 0) is 30.6 Å². The number of nitriles is 2. The molecular weight excluding hydrogens is 160 g/mol. The van der Waals surface area contributed by atoms with E-state index in [-0.39, 0.29) is 0 Å². The Kier molecular flexibility index (Phi) is 1.08. The van der Waals surface area contributed by atoms with Gasteiger partial charge in [-0.25, -0.2) is 0 Å². The predicted octanol–water partition coefficient (Wildman–Crippen LogP) is 1.86. The third-order valence-electron chi connectivity index (χ3n) is 4.15. The summed E-state index contributed by atoms with van der Waals surface area (Å²) in [5.74, 6) is 2.22. The first-order valence-corrected chi connectivity index (χ1v) is 4.81. The van der Waals surface area contributed by atoms with Gasteiger partial charge in [0, 0.05) is 5.92 Å². The van der Waals surface area contributed by atoms with Crippen molar-refractivity contribution in [2.24, 2.45) is 29.1 Å². The van der Waals surface area contributed by atoms with E-state index in [1.54, 1.807) is 0 Å². The van der Waals surface area contributed by atoms with E-state index in [0.717, 1.165) is 6.42 Å². The van der Waals surface area contributed by atoms with Gasteiger partial charge in [-0.3, -0.25) is 0 Å². The van der Waals surface area contributed by atoms with Crippen molar-refractivity contribution in [3.05, 3.63) is 12.2 Å². The highest BCUT2D eigenvalue weighted by Crippen LogP contribution is 2.66. The van der Waals surface area contributed by atoms with Crippen LogP contribution in [0.3, 0.4) is 0 Å². The van der Waals surface area contributed by atoms with Crippen molar-refractivity contribution in [1.29, 1.82) is 10.5 Å². The number of rotatable bonds is 0. The Bertz CT molecular complexity index is 355. The van der Waals surface area contributed by atoms with Gasteiger partial charge >= 0.3 is 0 Å². The van der Waals surface area contributed by atoms with Gasteiger partial charge < -0.3 is 0 Å². The number of nitrogens with zero attached hydrogens (tertiary/aromatic N) is 2. The second-order valence-electron chi connectivity index (χ2n) is 4.54. The minimum atomic E-state index is -0.630. The highest BCUT2D eigenvalue weighted by molar-refractivity contribution is 5.32. The molecule has 3 aliphatic carbocycles. The van der Waals surface area contributed by atoms with Gasteiger partial charge in [-0.1, -0.05) is 12.2 Å². The van der Waals surface area contributed by atoms with Crippen LogP contribution in [-0.2, 0) is 0 Å². The summed E-state index contributed by atoms with van der Waals surface area (Å²) in [6.07, 6.45) is 6.51. The van der Waals surface area contributed by atoms with Crippen LogP contribution in [0.2, 0.25) is 0 Å². The topological polar surface area (TPSA) is 47.6 Å². The molecule has 2 heteroatoms. The summed E-state index contributed by atoms with van der Waals surface area (Å²) in [7, 11) is 0. The largest absolute Gasteiger partial charge is 0.197 e. The molecule has 3 rings (SSSR count). The van der Waals surface area contributed by atoms with Crippen molar-refractivity contribution < 1.29 is 0 Å². The van der Waals surface area contributed by atoms with Crippen LogP contribution in [0.5, 0.6) is 0 Å². The van der Waals surface area contributed by atoms with Crippen molar-refractivity contribution in [2.45, 2.75) is 12.8 Å². The number of hydrogen-bond donors (Lipinski definition) is 0. The number of allylic oxidation sites excluding steroid dienone is 2. The zero-order valence-corrected chi connectivity index (χ0v) is 7.27. The van der Waals surface area contributed by atoms with Gasteiger partial charge in [-0.15, -0.1) is 0 Å². The minimum absolute atomic E-state index is 0.359. The number of fused-ring (bicyclic) bond motifs is 5. The van der Waals surface area contributed by atoms with Gasteiger partial charge in [0.25, 0.3) is 0 Å². The molecule has 0 saturated heterocycles. The lowest BCUT2D eigenvalue weighted by Gasteiger charge is -2.47. The molecule has 0 spiro atoms. The van der Waals surface area contributed by atoms with Crippen molar-refractivity contribution in [2.75, 3.05) is 0 Å². The van der Waals surface area contributed by atoms with E-state index in [1.807, 2.05) is 0 Å². The lowest BCUT2D eigenvalue weighted by atomic mass is 9.52. The molecular formula is C11H10N2. The Morgan fingerprint density at radius 2 is 1.85 bits per heavy atom. The maximum atomic E-state index is 9.02. The maximum absolute atomic E-state index is 9.02. The molecule has 4 unspecified atom stereocenters. The molecule has 0 amide bonds. The molecule has 0 radical (unpaired) electrons. The summed E-state index contributed by atoms with van der Waals surface area (Å²) in [5, 5.41) is 18.0. The van der Waals surface area contributed by atoms with Crippen molar-refractivity contribution >= 4 is 0 Å². The first-order valence-electron chi connectivity index (χ1n) is 4.81. The molecule has 3 aliphatic rings. The van der Waals surface area contributed by atoms with Crippen LogP contribution in [0.1, 0.15) is 12.8 Å². The van der Waals surface area contributed by atoms with E-state index >= 15 is 0 Å². The van der Waals surface area contributed by atoms with E-state index in [1.165, 1.54) is 6.42 Å². The zero-order chi connectivity index (χ0) is 9.05. The van der Waals surface area contributed by atoms with Gasteiger partial charge in [0.15, 0.2) is 0 Å². The molecule has 0 aromatic rings. The van der Waals surface area contributed by atoms with Crippen LogP contribution in [0, 0.1) is 51.7 Å². The fourth-order valence-electron chi connectivity index (χ4n) is 3.55. The smallest absolute Gasteiger partial charge is 0.147 e. The van der Waals surface area contributed by atoms with Crippen molar-refractivity contribution in [3.8, 4) is 12.1 Å². The normalized spacial score (nSPS) is 47.5. The Morgan fingerprint density at radius 3 is 2.46 bits per heavy atom. The fourth-order valence-corrected chi connectivity index (χ4v) is 3.55. The van der Waals surface area contributed by atoms with Gasteiger partial charge in [0.1, 0.15) is 5.41 Å². The Balaban J connectivity index is 2.00. The van der Waals surface area contributed by atoms with Crippen LogP contribution in [0.4, 0.5) is 0 Å². The lowest BCUT2D eigenvalue weighted by molar-refractivity contribution is 0.0450. The van der Waals surface area contributed by atoms with E-state index in [2.05, 4.69) is 24.3 Å². The van der Waals surface area contributed by atoms with Crippen LogP contribution in [0.25, 0.3) is 0 Å². The zero-order valence-electron chi connectivity index (χ0n) is 7.27. The maximum Gasteiger partial charge on any atom is 0.147 e. The second kappa shape index (κ2) is 1.96. The molecule has 2 bridgehead atoms. The summed E-state index contributed by atoms with van der Waals surface area (Å²) in [5.41, 5.74) is -0.630. The standard InChI is InChI=1S/C11H10N2/c12-5-11(6-13)4-9-7-1-2-8(3-7)10(9)11/h1-2,7-10H,3-4H2. The average Bonchev–Trinajstić information content (AvgIpc) is 2.63. The Labute approximate surface area is 77.5 Å². The first kappa shape index (κ1) is 7.15. The molecule has 2 nitrogen and oxygen atoms in total. The summed E-state index contributed by atoms with van der Waals surface area (Å²) < 4.78 is 0. The van der Waals surface area contributed by atoms with Crippen LogP contribution >= 0.6 is 0 Å². The number of hydrogen-bond acceptors (Lipinski definition) is 2. The molecule has 0 aliphatic heterocycles. The predicted molar refractivity (Wildman–Crippen MR) is 46.0 cm³/mol. The summed E-state index contributed by atoms with van der Waals surface area (Å²) in [4.78, 5) is 0. The molecule has 0 aromatic carbocycles. The molecule has 4 atom stereocenters. The molecule has 2 saturated carbocycles. The minimum Gasteiger partial charge on any atom is -0.197 e. The van der Waals surface area contributed by atoms with E-state index < -0.39 is 5.41 Å². The van der Waals surface area contributed by atoms with Gasteiger partial charge in [0.05, 0.1) is 12.1 Å². The Hall–Kier alpha value is -1.28. The SMILES string of the molecule is N#CC1(C#N)CC2C3C=CC(C3)C21. The van der Waals surface area contributed by atoms with E-state index in [4.69, 9.17) is 10.5 Å². The average molecular weight is 170 g/mol. The fraction of sp³-hybridized carbons (Fsp3) is 0.636. The molecule has 0 N–H and O–H groups in total. The second-order valence-corrected chi connectivity index (χ2v) is 4.54. The van der Waals surface area contributed by atoms with Crippen molar-refractivity contribution in [3.63, 3.8) is 0 Å². The van der Waals surface area contributed by atoms with Gasteiger partial charge in [-0.2, -0.15) is 10.5 Å². The first-order chi connectivity index (χ1) is 6.30. The monoisotopic (exact) mass is 170 g/mol. The molecule has 0 aromatic heterocycles. The van der Waals surface area contributed by atoms with Crippen LogP contribution in [-0.4, -0.2) is 0 Å². The summed E-state index contributed by atoms with van der Waals surface area (Å²) in [6, 6.07) is 4.45. The Morgan fingerprint density at radius 1 is 1.15 bits per heavy atom. The van der Waals surface area contributed by atoms with E-state index in [9.17, 15) is 0 Å². The summed E-state index contributed by atoms with van der Waals surface area (Å²) in [6.45, 7) is 0. The van der Waals surface area contributed by atoms with Gasteiger partial charge in [0.2, 0.25) is 0 Å². The third-order valence-corrected chi connectivity index (χ3v) is 4.15. The summed E-state index contributed by atoms with van der Waals surface area (Å²) >= 11 is 0. The lowest BCUT2D eigenvalue weighted by Crippen LogP contribution is -2.48. The van der Waals surface area contributed by atoms with Crippen LogP contribution in [0.15, 0.2) is 12.2 Å². The molecule has 13 heavy (non-hydrogen) atoms. The van der Waals surface area contributed by atoms with Crippen LogP contribution < -0.4 is 0 Å². The molecule has 2 fully saturated rings. The van der Waals surface area contributed by atoms with Crippen molar-refractivity contribution in [1.82, 2.24) is 0 Å². The quantitative estimate of drug-likeness (QED) is 0.521. The molecule has 64 valence electrons. The third kappa shape index (κ3) is 0.605. The van der Waals surface area contributed by atoms with E-state index in [0.29, 0.717) is 23.7 Å².